The van der Waals surface area contributed by atoms with Gasteiger partial charge in [0.1, 0.15) is 12.0 Å². The molecule has 7 nitrogen and oxygen atoms in total. The van der Waals surface area contributed by atoms with Gasteiger partial charge in [0.2, 0.25) is 5.91 Å². The van der Waals surface area contributed by atoms with Crippen LogP contribution in [0.4, 0.5) is 30.2 Å². The molecular formula is C22H19ClF3N3O4. The number of carbonyl (C=O) groups is 2. The number of carbonyl (C=O) groups excluding carboxylic acids is 2. The lowest BCUT2D eigenvalue weighted by Crippen LogP contribution is -2.23. The molecule has 0 unspecified atom stereocenters. The zero-order chi connectivity index (χ0) is 24.2. The van der Waals surface area contributed by atoms with Gasteiger partial charge in [-0.3, -0.25) is 9.59 Å². The summed E-state index contributed by atoms with van der Waals surface area (Å²) in [5.41, 5.74) is -0.244. The van der Waals surface area contributed by atoms with E-state index in [1.807, 2.05) is 0 Å². The molecule has 1 heterocycles. The second-order valence-electron chi connectivity index (χ2n) is 6.93. The number of halogens is 4. The summed E-state index contributed by atoms with van der Waals surface area (Å²) in [5.74, 6) is -0.905. The Morgan fingerprint density at radius 1 is 1.09 bits per heavy atom. The SMILES string of the molecule is COc1cc(Cl)c(C)cc1NC(=O)CNc1ccc(NC(=O)c2ccoc2)cc1C(F)(F)F. The topological polar surface area (TPSA) is 92.6 Å². The quantitative estimate of drug-likeness (QED) is 0.410. The molecular weight excluding hydrogens is 463 g/mol. The van der Waals surface area contributed by atoms with Crippen LogP contribution in [0.3, 0.4) is 0 Å². The molecule has 1 aromatic heterocycles. The van der Waals surface area contributed by atoms with Crippen LogP contribution >= 0.6 is 11.6 Å². The standard InChI is InChI=1S/C22H19ClF3N3O4/c1-12-7-18(19(32-2)9-16(12)23)29-20(30)10-27-17-4-3-14(8-15(17)22(24,25)26)28-21(31)13-5-6-33-11-13/h3-9,11,27H,10H2,1-2H3,(H,28,31)(H,29,30). The van der Waals surface area contributed by atoms with Gasteiger partial charge in [0.25, 0.3) is 5.91 Å². The number of anilines is 3. The number of rotatable bonds is 7. The first kappa shape index (κ1) is 24.0. The Hall–Kier alpha value is -3.66. The van der Waals surface area contributed by atoms with Crippen LogP contribution in [0.2, 0.25) is 5.02 Å². The molecule has 33 heavy (non-hydrogen) atoms. The molecule has 174 valence electrons. The van der Waals surface area contributed by atoms with E-state index in [-0.39, 0.29) is 16.9 Å². The van der Waals surface area contributed by atoms with Crippen LogP contribution in [-0.4, -0.2) is 25.5 Å². The molecule has 11 heteroatoms. The molecule has 3 aromatic rings. The summed E-state index contributed by atoms with van der Waals surface area (Å²) in [4.78, 5) is 24.4. The van der Waals surface area contributed by atoms with Crippen LogP contribution in [0, 0.1) is 6.92 Å². The number of hydrogen-bond donors (Lipinski definition) is 3. The normalized spacial score (nSPS) is 11.1. The lowest BCUT2D eigenvalue weighted by molar-refractivity contribution is -0.137. The van der Waals surface area contributed by atoms with E-state index in [0.29, 0.717) is 22.0 Å². The van der Waals surface area contributed by atoms with Gasteiger partial charge in [-0.2, -0.15) is 13.2 Å². The van der Waals surface area contributed by atoms with E-state index in [4.69, 9.17) is 20.8 Å². The highest BCUT2D eigenvalue weighted by molar-refractivity contribution is 6.31. The maximum atomic E-state index is 13.6. The van der Waals surface area contributed by atoms with E-state index in [0.717, 1.165) is 12.1 Å². The summed E-state index contributed by atoms with van der Waals surface area (Å²) in [7, 11) is 1.40. The van der Waals surface area contributed by atoms with E-state index in [2.05, 4.69) is 16.0 Å². The number of aryl methyl sites for hydroxylation is 1. The zero-order valence-corrected chi connectivity index (χ0v) is 18.2. The van der Waals surface area contributed by atoms with Crippen LogP contribution in [0.5, 0.6) is 5.75 Å². The molecule has 0 spiro atoms. The van der Waals surface area contributed by atoms with Gasteiger partial charge in [-0.15, -0.1) is 0 Å². The Labute approximate surface area is 191 Å². The minimum absolute atomic E-state index is 0.0649. The first-order chi connectivity index (χ1) is 15.6. The van der Waals surface area contributed by atoms with Crippen molar-refractivity contribution in [3.63, 3.8) is 0 Å². The van der Waals surface area contributed by atoms with E-state index in [1.165, 1.54) is 37.8 Å². The third-order valence-corrected chi connectivity index (χ3v) is 4.97. The van der Waals surface area contributed by atoms with Crippen molar-refractivity contribution in [2.24, 2.45) is 0 Å². The fraction of sp³-hybridized carbons (Fsp3) is 0.182. The Kier molecular flexibility index (Phi) is 7.17. The van der Waals surface area contributed by atoms with E-state index in [9.17, 15) is 22.8 Å². The lowest BCUT2D eigenvalue weighted by Gasteiger charge is -2.17. The van der Waals surface area contributed by atoms with Gasteiger partial charge in [-0.25, -0.2) is 0 Å². The number of furan rings is 1. The molecule has 0 aliphatic heterocycles. The monoisotopic (exact) mass is 481 g/mol. The van der Waals surface area contributed by atoms with Crippen molar-refractivity contribution in [1.82, 2.24) is 0 Å². The predicted molar refractivity (Wildman–Crippen MR) is 118 cm³/mol. The number of amides is 2. The van der Waals surface area contributed by atoms with E-state index < -0.39 is 30.1 Å². The van der Waals surface area contributed by atoms with Gasteiger partial charge in [0.15, 0.2) is 0 Å². The van der Waals surface area contributed by atoms with Crippen molar-refractivity contribution in [2.45, 2.75) is 13.1 Å². The number of methoxy groups -OCH3 is 1. The highest BCUT2D eigenvalue weighted by Crippen LogP contribution is 2.37. The van der Waals surface area contributed by atoms with Gasteiger partial charge in [-0.05, 0) is 42.8 Å². The van der Waals surface area contributed by atoms with Crippen LogP contribution in [0.25, 0.3) is 0 Å². The second kappa shape index (κ2) is 9.86. The third kappa shape index (κ3) is 5.98. The van der Waals surface area contributed by atoms with Gasteiger partial charge in [-0.1, -0.05) is 11.6 Å². The number of ether oxygens (including phenoxy) is 1. The molecule has 3 rings (SSSR count). The van der Waals surface area contributed by atoms with Crippen molar-refractivity contribution in [1.29, 1.82) is 0 Å². The summed E-state index contributed by atoms with van der Waals surface area (Å²) >= 11 is 6.03. The summed E-state index contributed by atoms with van der Waals surface area (Å²) < 4.78 is 50.7. The fourth-order valence-corrected chi connectivity index (χ4v) is 3.06. The second-order valence-corrected chi connectivity index (χ2v) is 7.33. The minimum atomic E-state index is -4.73. The Morgan fingerprint density at radius 3 is 2.48 bits per heavy atom. The highest BCUT2D eigenvalue weighted by Gasteiger charge is 2.34. The molecule has 0 aliphatic rings. The number of alkyl halides is 3. The lowest BCUT2D eigenvalue weighted by atomic mass is 10.1. The first-order valence-electron chi connectivity index (χ1n) is 9.51. The Balaban J connectivity index is 1.73. The number of nitrogens with one attached hydrogen (secondary N) is 3. The van der Waals surface area contributed by atoms with Crippen molar-refractivity contribution in [3.05, 3.63) is 70.6 Å². The largest absolute Gasteiger partial charge is 0.495 e. The Bertz CT molecular complexity index is 1160. The molecule has 0 saturated heterocycles. The maximum absolute atomic E-state index is 13.6. The third-order valence-electron chi connectivity index (χ3n) is 4.56. The van der Waals surface area contributed by atoms with Gasteiger partial charge >= 0.3 is 6.18 Å². The summed E-state index contributed by atoms with van der Waals surface area (Å²) in [5, 5.41) is 7.88. The van der Waals surface area contributed by atoms with Gasteiger partial charge in [0, 0.05) is 22.5 Å². The van der Waals surface area contributed by atoms with Crippen molar-refractivity contribution in [3.8, 4) is 5.75 Å². The fourth-order valence-electron chi connectivity index (χ4n) is 2.91. The predicted octanol–water partition coefficient (Wildman–Crippen LogP) is 5.57. The molecule has 0 saturated carbocycles. The number of hydrogen-bond acceptors (Lipinski definition) is 5. The summed E-state index contributed by atoms with van der Waals surface area (Å²) in [6.07, 6.45) is -2.29. The zero-order valence-electron chi connectivity index (χ0n) is 17.5. The molecule has 0 aliphatic carbocycles. The molecule has 2 aromatic carbocycles. The highest BCUT2D eigenvalue weighted by atomic mass is 35.5. The molecule has 2 amide bonds. The molecule has 0 fully saturated rings. The average Bonchev–Trinajstić information content (AvgIpc) is 3.29. The van der Waals surface area contributed by atoms with Gasteiger partial charge in [0.05, 0.1) is 36.7 Å². The minimum Gasteiger partial charge on any atom is -0.495 e. The van der Waals surface area contributed by atoms with E-state index in [1.54, 1.807) is 13.0 Å². The van der Waals surface area contributed by atoms with Crippen LogP contribution in [0.15, 0.2) is 53.3 Å². The average molecular weight is 482 g/mol. The van der Waals surface area contributed by atoms with Crippen LogP contribution < -0.4 is 20.7 Å². The smallest absolute Gasteiger partial charge is 0.418 e. The van der Waals surface area contributed by atoms with E-state index >= 15 is 0 Å². The molecule has 3 N–H and O–H groups in total. The van der Waals surface area contributed by atoms with Crippen LogP contribution in [0.1, 0.15) is 21.5 Å². The number of benzene rings is 2. The van der Waals surface area contributed by atoms with Gasteiger partial charge < -0.3 is 25.1 Å². The maximum Gasteiger partial charge on any atom is 0.418 e. The molecule has 0 atom stereocenters. The molecule has 0 radical (unpaired) electrons. The summed E-state index contributed by atoms with van der Waals surface area (Å²) in [6, 6.07) is 7.71. The molecule has 0 bridgehead atoms. The van der Waals surface area contributed by atoms with Crippen molar-refractivity contribution >= 4 is 40.5 Å². The van der Waals surface area contributed by atoms with Crippen molar-refractivity contribution in [2.75, 3.05) is 29.6 Å². The van der Waals surface area contributed by atoms with Crippen LogP contribution in [-0.2, 0) is 11.0 Å². The Morgan fingerprint density at radius 2 is 1.85 bits per heavy atom. The first-order valence-corrected chi connectivity index (χ1v) is 9.89. The van der Waals surface area contributed by atoms with Crippen molar-refractivity contribution < 1.29 is 31.9 Å². The summed E-state index contributed by atoms with van der Waals surface area (Å²) in [6.45, 7) is 1.28.